The first-order valence-corrected chi connectivity index (χ1v) is 6.56. The second-order valence-electron chi connectivity index (χ2n) is 4.75. The zero-order valence-electron chi connectivity index (χ0n) is 12.7. The predicted octanol–water partition coefficient (Wildman–Crippen LogP) is -0.168. The molecular weight excluding hydrogens is 306 g/mol. The summed E-state index contributed by atoms with van der Waals surface area (Å²) in [6.07, 6.45) is 1.49. The van der Waals surface area contributed by atoms with Crippen LogP contribution < -0.4 is 10.6 Å². The molecule has 11 nitrogen and oxygen atoms in total. The summed E-state index contributed by atoms with van der Waals surface area (Å²) in [6, 6.07) is 1.27. The quantitative estimate of drug-likeness (QED) is 0.579. The summed E-state index contributed by atoms with van der Waals surface area (Å²) < 4.78 is 2.60. The zero-order chi connectivity index (χ0) is 17.1. The third kappa shape index (κ3) is 3.51. The minimum atomic E-state index is -0.633. The van der Waals surface area contributed by atoms with Gasteiger partial charge in [-0.05, 0) is 11.8 Å². The van der Waals surface area contributed by atoms with Crippen LogP contribution in [0.4, 0.5) is 11.5 Å². The van der Waals surface area contributed by atoms with Gasteiger partial charge in [0.1, 0.15) is 6.54 Å². The van der Waals surface area contributed by atoms with Crippen LogP contribution in [0.15, 0.2) is 12.3 Å². The Hall–Kier alpha value is -3.24. The van der Waals surface area contributed by atoms with Crippen molar-refractivity contribution in [3.05, 3.63) is 33.8 Å². The predicted molar refractivity (Wildman–Crippen MR) is 78.8 cm³/mol. The van der Waals surface area contributed by atoms with Crippen molar-refractivity contribution in [1.82, 2.24) is 24.9 Å². The minimum Gasteiger partial charge on any atom is -0.358 e. The molecule has 2 N–H and O–H groups in total. The highest BCUT2D eigenvalue weighted by atomic mass is 16.6. The van der Waals surface area contributed by atoms with E-state index in [2.05, 4.69) is 20.8 Å². The number of aryl methyl sites for hydroxylation is 2. The molecule has 0 saturated carbocycles. The number of aromatic nitrogens is 4. The molecule has 0 aliphatic rings. The van der Waals surface area contributed by atoms with Gasteiger partial charge in [-0.1, -0.05) is 0 Å². The Kier molecular flexibility index (Phi) is 4.39. The van der Waals surface area contributed by atoms with Crippen LogP contribution >= 0.6 is 0 Å². The Morgan fingerprint density at radius 2 is 2.09 bits per heavy atom. The Morgan fingerprint density at radius 3 is 2.65 bits per heavy atom. The smallest absolute Gasteiger partial charge is 0.358 e. The fourth-order valence-electron chi connectivity index (χ4n) is 1.93. The van der Waals surface area contributed by atoms with Crippen molar-refractivity contribution >= 4 is 23.3 Å². The van der Waals surface area contributed by atoms with E-state index in [4.69, 9.17) is 0 Å². The van der Waals surface area contributed by atoms with Crippen molar-refractivity contribution in [1.29, 1.82) is 0 Å². The highest BCUT2D eigenvalue weighted by molar-refractivity contribution is 6.02. The van der Waals surface area contributed by atoms with E-state index in [1.54, 1.807) is 14.0 Å². The van der Waals surface area contributed by atoms with Crippen LogP contribution in [0.1, 0.15) is 16.2 Å². The number of rotatable bonds is 5. The summed E-state index contributed by atoms with van der Waals surface area (Å²) in [7, 11) is 3.07. The monoisotopic (exact) mass is 321 g/mol. The molecule has 0 spiro atoms. The number of anilines is 1. The molecule has 0 atom stereocenters. The first-order valence-electron chi connectivity index (χ1n) is 6.56. The van der Waals surface area contributed by atoms with Crippen LogP contribution in [-0.4, -0.2) is 43.3 Å². The van der Waals surface area contributed by atoms with Gasteiger partial charge in [0, 0.05) is 20.3 Å². The lowest BCUT2D eigenvalue weighted by Gasteiger charge is -2.04. The maximum absolute atomic E-state index is 12.1. The van der Waals surface area contributed by atoms with Crippen molar-refractivity contribution in [2.45, 2.75) is 13.5 Å². The minimum absolute atomic E-state index is 0.0755. The fraction of sp³-hybridized carbons (Fsp3) is 0.333. The molecule has 0 unspecified atom stereocenters. The summed E-state index contributed by atoms with van der Waals surface area (Å²) in [6.45, 7) is 1.38. The number of nitrogens with zero attached hydrogens (tertiary/aromatic N) is 5. The Labute approximate surface area is 130 Å². The van der Waals surface area contributed by atoms with E-state index in [0.717, 1.165) is 0 Å². The lowest BCUT2D eigenvalue weighted by molar-refractivity contribution is -0.389. The molecule has 122 valence electrons. The summed E-state index contributed by atoms with van der Waals surface area (Å²) in [5.41, 5.74) is 0.798. The lowest BCUT2D eigenvalue weighted by Crippen LogP contribution is -2.24. The number of carbonyl (C=O) groups is 2. The van der Waals surface area contributed by atoms with Gasteiger partial charge in [0.25, 0.3) is 5.91 Å². The largest absolute Gasteiger partial charge is 0.390 e. The van der Waals surface area contributed by atoms with E-state index in [0.29, 0.717) is 5.69 Å². The van der Waals surface area contributed by atoms with Gasteiger partial charge in [0.05, 0.1) is 22.5 Å². The van der Waals surface area contributed by atoms with Crippen molar-refractivity contribution in [3.63, 3.8) is 0 Å². The van der Waals surface area contributed by atoms with Gasteiger partial charge in [0.2, 0.25) is 5.91 Å². The van der Waals surface area contributed by atoms with Crippen LogP contribution in [-0.2, 0) is 18.4 Å². The molecule has 2 rings (SSSR count). The summed E-state index contributed by atoms with van der Waals surface area (Å²) in [5.74, 6) is -1.25. The molecule has 0 aromatic carbocycles. The molecule has 2 heterocycles. The SMILES string of the molecule is CNC(=O)c1nn(C)cc1NC(=O)Cn1nc([N+](=O)[O-])cc1C. The summed E-state index contributed by atoms with van der Waals surface area (Å²) in [4.78, 5) is 33.8. The van der Waals surface area contributed by atoms with Gasteiger partial charge in [-0.2, -0.15) is 9.78 Å². The van der Waals surface area contributed by atoms with Gasteiger partial charge in [-0.3, -0.25) is 14.3 Å². The maximum Gasteiger partial charge on any atom is 0.390 e. The summed E-state index contributed by atoms with van der Waals surface area (Å²) >= 11 is 0. The van der Waals surface area contributed by atoms with Crippen molar-refractivity contribution in [2.75, 3.05) is 12.4 Å². The highest BCUT2D eigenvalue weighted by Crippen LogP contribution is 2.14. The van der Waals surface area contributed by atoms with Crippen LogP contribution in [0.5, 0.6) is 0 Å². The third-order valence-corrected chi connectivity index (χ3v) is 2.99. The molecule has 2 aromatic rings. The molecule has 0 saturated heterocycles. The van der Waals surface area contributed by atoms with Gasteiger partial charge >= 0.3 is 5.82 Å². The number of hydrogen-bond acceptors (Lipinski definition) is 6. The van der Waals surface area contributed by atoms with Crippen LogP contribution in [0.25, 0.3) is 0 Å². The average molecular weight is 321 g/mol. The molecule has 0 radical (unpaired) electrons. The first kappa shape index (κ1) is 16.1. The second-order valence-corrected chi connectivity index (χ2v) is 4.75. The molecule has 0 aliphatic heterocycles. The third-order valence-electron chi connectivity index (χ3n) is 2.99. The van der Waals surface area contributed by atoms with Crippen molar-refractivity contribution < 1.29 is 14.5 Å². The number of carbonyl (C=O) groups excluding carboxylic acids is 2. The number of hydrogen-bond donors (Lipinski definition) is 2. The van der Waals surface area contributed by atoms with Gasteiger partial charge in [0.15, 0.2) is 5.69 Å². The van der Waals surface area contributed by atoms with Crippen molar-refractivity contribution in [2.24, 2.45) is 7.05 Å². The van der Waals surface area contributed by atoms with E-state index >= 15 is 0 Å². The van der Waals surface area contributed by atoms with E-state index < -0.39 is 16.7 Å². The van der Waals surface area contributed by atoms with Gasteiger partial charge < -0.3 is 20.7 Å². The molecule has 11 heteroatoms. The topological polar surface area (TPSA) is 137 Å². The first-order chi connectivity index (χ1) is 10.8. The number of nitrogens with one attached hydrogen (secondary N) is 2. The highest BCUT2D eigenvalue weighted by Gasteiger charge is 2.20. The van der Waals surface area contributed by atoms with E-state index in [9.17, 15) is 19.7 Å². The summed E-state index contributed by atoms with van der Waals surface area (Å²) in [5, 5.41) is 23.3. The van der Waals surface area contributed by atoms with E-state index in [1.165, 1.54) is 28.7 Å². The molecule has 23 heavy (non-hydrogen) atoms. The maximum atomic E-state index is 12.1. The normalized spacial score (nSPS) is 10.4. The lowest BCUT2D eigenvalue weighted by atomic mass is 10.3. The molecule has 0 fully saturated rings. The number of nitro groups is 1. The van der Waals surface area contributed by atoms with Crippen LogP contribution in [0.3, 0.4) is 0 Å². The average Bonchev–Trinajstić information content (AvgIpc) is 3.02. The fourth-order valence-corrected chi connectivity index (χ4v) is 1.93. The van der Waals surface area contributed by atoms with Gasteiger partial charge in [-0.15, -0.1) is 0 Å². The van der Waals surface area contributed by atoms with Crippen LogP contribution in [0.2, 0.25) is 0 Å². The van der Waals surface area contributed by atoms with E-state index in [-0.39, 0.29) is 23.7 Å². The molecule has 2 aromatic heterocycles. The van der Waals surface area contributed by atoms with Gasteiger partial charge in [-0.25, -0.2) is 0 Å². The van der Waals surface area contributed by atoms with Crippen LogP contribution in [0, 0.1) is 17.0 Å². The molecule has 0 aliphatic carbocycles. The second kappa shape index (κ2) is 6.25. The van der Waals surface area contributed by atoms with Crippen molar-refractivity contribution in [3.8, 4) is 0 Å². The zero-order valence-corrected chi connectivity index (χ0v) is 12.7. The van der Waals surface area contributed by atoms with E-state index in [1.807, 2.05) is 0 Å². The Morgan fingerprint density at radius 1 is 1.39 bits per heavy atom. The standard InChI is InChI=1S/C12H15N7O4/c1-7-4-9(19(22)23)15-18(7)6-10(20)14-8-5-17(3)16-11(8)12(21)13-2/h4-5H,6H2,1-3H3,(H,13,21)(H,14,20). The Balaban J connectivity index is 2.14. The Bertz CT molecular complexity index is 776. The molecular formula is C12H15N7O4. The number of amides is 2. The molecule has 0 bridgehead atoms. The molecule has 2 amide bonds.